The van der Waals surface area contributed by atoms with E-state index in [1.165, 1.54) is 23.5 Å². The summed E-state index contributed by atoms with van der Waals surface area (Å²) in [5, 5.41) is 10.5. The molecule has 2 nitrogen and oxygen atoms in total. The molecule has 2 aromatic heterocycles. The molecule has 0 aliphatic rings. The first-order chi connectivity index (χ1) is 8.66. The van der Waals surface area contributed by atoms with Gasteiger partial charge in [0.05, 0.1) is 10.3 Å². The van der Waals surface area contributed by atoms with E-state index < -0.39 is 0 Å². The molecule has 0 spiro atoms. The van der Waals surface area contributed by atoms with E-state index in [2.05, 4.69) is 20.9 Å². The number of benzene rings is 1. The molecule has 1 aromatic carbocycles. The maximum Gasteiger partial charge on any atom is 0.128 e. The van der Waals surface area contributed by atoms with Crippen LogP contribution in [-0.4, -0.2) is 10.1 Å². The predicted octanol–water partition coefficient (Wildman–Crippen LogP) is 4.57. The molecule has 0 aliphatic heterocycles. The van der Waals surface area contributed by atoms with E-state index in [0.717, 1.165) is 19.7 Å². The molecular formula is C13H7BrFNOS. The Morgan fingerprint density at radius 3 is 2.56 bits per heavy atom. The number of halogens is 2. The number of aromatic hydroxyl groups is 1. The normalized spacial score (nSPS) is 11.0. The second kappa shape index (κ2) is 4.33. The molecule has 1 N–H and O–H groups in total. The molecule has 0 saturated heterocycles. The fraction of sp³-hybridized carbons (Fsp3) is 0. The third kappa shape index (κ3) is 1.79. The van der Waals surface area contributed by atoms with Crippen LogP contribution in [0.4, 0.5) is 4.39 Å². The van der Waals surface area contributed by atoms with Crippen LogP contribution in [0.25, 0.3) is 20.7 Å². The van der Waals surface area contributed by atoms with Crippen molar-refractivity contribution in [3.8, 4) is 16.2 Å². The zero-order valence-electron chi connectivity index (χ0n) is 9.02. The molecular weight excluding hydrogens is 317 g/mol. The standard InChI is InChI=1S/C13H7BrFNOS/c14-11-10-9(17)5-6-16-13(10)18-12(11)7-1-3-8(15)4-2-7/h1-6H,(H,16,17). The number of pyridine rings is 1. The highest BCUT2D eigenvalue weighted by Crippen LogP contribution is 2.44. The van der Waals surface area contributed by atoms with Gasteiger partial charge in [0.15, 0.2) is 0 Å². The maximum absolute atomic E-state index is 12.9. The highest BCUT2D eigenvalue weighted by Gasteiger charge is 2.15. The Balaban J connectivity index is 2.27. The van der Waals surface area contributed by atoms with E-state index in [9.17, 15) is 9.50 Å². The smallest absolute Gasteiger partial charge is 0.128 e. The summed E-state index contributed by atoms with van der Waals surface area (Å²) < 4.78 is 13.7. The number of hydrogen-bond acceptors (Lipinski definition) is 3. The van der Waals surface area contributed by atoms with Crippen LogP contribution in [0.2, 0.25) is 0 Å². The molecule has 0 unspecified atom stereocenters. The summed E-state index contributed by atoms with van der Waals surface area (Å²) in [6, 6.07) is 7.80. The Morgan fingerprint density at radius 2 is 1.89 bits per heavy atom. The molecule has 5 heteroatoms. The van der Waals surface area contributed by atoms with Crippen molar-refractivity contribution in [2.45, 2.75) is 0 Å². The number of thiophene rings is 1. The largest absolute Gasteiger partial charge is 0.507 e. The minimum absolute atomic E-state index is 0.191. The molecule has 0 aliphatic carbocycles. The van der Waals surface area contributed by atoms with Gasteiger partial charge in [-0.15, -0.1) is 11.3 Å². The van der Waals surface area contributed by atoms with Gasteiger partial charge in [-0.05, 0) is 39.7 Å². The van der Waals surface area contributed by atoms with Crippen LogP contribution < -0.4 is 0 Å². The topological polar surface area (TPSA) is 33.1 Å². The van der Waals surface area contributed by atoms with Crippen molar-refractivity contribution in [1.29, 1.82) is 0 Å². The fourth-order valence-corrected chi connectivity index (χ4v) is 3.81. The first kappa shape index (κ1) is 11.6. The Labute approximate surface area is 115 Å². The van der Waals surface area contributed by atoms with Crippen molar-refractivity contribution in [3.05, 3.63) is 46.8 Å². The van der Waals surface area contributed by atoms with Gasteiger partial charge < -0.3 is 5.11 Å². The van der Waals surface area contributed by atoms with E-state index >= 15 is 0 Å². The van der Waals surface area contributed by atoms with Crippen LogP contribution in [0.1, 0.15) is 0 Å². The van der Waals surface area contributed by atoms with Crippen LogP contribution in [0.15, 0.2) is 41.0 Å². The summed E-state index contributed by atoms with van der Waals surface area (Å²) in [6.07, 6.45) is 1.56. The Morgan fingerprint density at radius 1 is 1.17 bits per heavy atom. The van der Waals surface area contributed by atoms with Crippen molar-refractivity contribution in [3.63, 3.8) is 0 Å². The monoisotopic (exact) mass is 323 g/mol. The van der Waals surface area contributed by atoms with E-state index in [4.69, 9.17) is 0 Å². The molecule has 0 bridgehead atoms. The molecule has 0 radical (unpaired) electrons. The maximum atomic E-state index is 12.9. The van der Waals surface area contributed by atoms with Gasteiger partial charge in [-0.2, -0.15) is 0 Å². The van der Waals surface area contributed by atoms with Gasteiger partial charge in [-0.25, -0.2) is 9.37 Å². The second-order valence-corrected chi connectivity index (χ2v) is 5.55. The minimum Gasteiger partial charge on any atom is -0.507 e. The molecule has 3 aromatic rings. The number of nitrogens with zero attached hydrogens (tertiary/aromatic N) is 1. The van der Waals surface area contributed by atoms with E-state index in [1.54, 1.807) is 24.4 Å². The zero-order valence-corrected chi connectivity index (χ0v) is 11.4. The number of aromatic nitrogens is 1. The fourth-order valence-electron chi connectivity index (χ4n) is 1.76. The highest BCUT2D eigenvalue weighted by atomic mass is 79.9. The van der Waals surface area contributed by atoms with Crippen molar-refractivity contribution >= 4 is 37.5 Å². The van der Waals surface area contributed by atoms with E-state index in [1.807, 2.05) is 0 Å². The summed E-state index contributed by atoms with van der Waals surface area (Å²) in [6.45, 7) is 0. The van der Waals surface area contributed by atoms with Crippen LogP contribution in [-0.2, 0) is 0 Å². The summed E-state index contributed by atoms with van der Waals surface area (Å²) in [7, 11) is 0. The molecule has 0 atom stereocenters. The first-order valence-corrected chi connectivity index (χ1v) is 6.79. The summed E-state index contributed by atoms with van der Waals surface area (Å²) in [4.78, 5) is 5.90. The summed E-state index contributed by atoms with van der Waals surface area (Å²) in [5.74, 6) is -0.0755. The Bertz CT molecular complexity index is 724. The van der Waals surface area contributed by atoms with Crippen LogP contribution in [0, 0.1) is 5.82 Å². The van der Waals surface area contributed by atoms with Gasteiger partial charge in [0, 0.05) is 10.7 Å². The lowest BCUT2D eigenvalue weighted by molar-refractivity contribution is 0.481. The SMILES string of the molecule is Oc1ccnc2sc(-c3ccc(F)cc3)c(Br)c12. The third-order valence-electron chi connectivity index (χ3n) is 2.62. The van der Waals surface area contributed by atoms with Crippen LogP contribution in [0.5, 0.6) is 5.75 Å². The van der Waals surface area contributed by atoms with Gasteiger partial charge in [-0.3, -0.25) is 0 Å². The number of hydrogen-bond donors (Lipinski definition) is 1. The third-order valence-corrected chi connectivity index (χ3v) is 4.82. The first-order valence-electron chi connectivity index (χ1n) is 5.19. The van der Waals surface area contributed by atoms with Crippen LogP contribution in [0.3, 0.4) is 0 Å². The molecule has 3 rings (SSSR count). The van der Waals surface area contributed by atoms with E-state index in [0.29, 0.717) is 5.39 Å². The summed E-state index contributed by atoms with van der Waals surface area (Å²) in [5.41, 5.74) is 0.894. The van der Waals surface area contributed by atoms with Gasteiger partial charge in [-0.1, -0.05) is 12.1 Å². The second-order valence-electron chi connectivity index (χ2n) is 3.76. The lowest BCUT2D eigenvalue weighted by Gasteiger charge is -1.98. The van der Waals surface area contributed by atoms with Crippen molar-refractivity contribution in [2.24, 2.45) is 0 Å². The predicted molar refractivity (Wildman–Crippen MR) is 74.4 cm³/mol. The van der Waals surface area contributed by atoms with Crippen molar-refractivity contribution in [2.75, 3.05) is 0 Å². The highest BCUT2D eigenvalue weighted by molar-refractivity contribution is 9.10. The molecule has 0 saturated carbocycles. The Hall–Kier alpha value is -1.46. The van der Waals surface area contributed by atoms with Gasteiger partial charge in [0.25, 0.3) is 0 Å². The number of rotatable bonds is 1. The average molecular weight is 324 g/mol. The average Bonchev–Trinajstić information content (AvgIpc) is 2.69. The van der Waals surface area contributed by atoms with E-state index in [-0.39, 0.29) is 11.6 Å². The molecule has 90 valence electrons. The van der Waals surface area contributed by atoms with Crippen molar-refractivity contribution in [1.82, 2.24) is 4.98 Å². The molecule has 2 heterocycles. The Kier molecular flexibility index (Phi) is 2.80. The molecule has 0 fully saturated rings. The van der Waals surface area contributed by atoms with Crippen LogP contribution >= 0.6 is 27.3 Å². The van der Waals surface area contributed by atoms with Gasteiger partial charge >= 0.3 is 0 Å². The molecule has 18 heavy (non-hydrogen) atoms. The van der Waals surface area contributed by atoms with Gasteiger partial charge in [0.2, 0.25) is 0 Å². The quantitative estimate of drug-likeness (QED) is 0.711. The van der Waals surface area contributed by atoms with Crippen molar-refractivity contribution < 1.29 is 9.50 Å². The zero-order chi connectivity index (χ0) is 12.7. The molecule has 0 amide bonds. The lowest BCUT2D eigenvalue weighted by atomic mass is 10.1. The lowest BCUT2D eigenvalue weighted by Crippen LogP contribution is -1.76. The van der Waals surface area contributed by atoms with Gasteiger partial charge in [0.1, 0.15) is 16.4 Å². The minimum atomic E-state index is -0.267. The number of fused-ring (bicyclic) bond motifs is 1. The summed E-state index contributed by atoms with van der Waals surface area (Å²) >= 11 is 4.93.